The molecule has 0 saturated heterocycles. The van der Waals surface area contributed by atoms with Gasteiger partial charge in [0.05, 0.1) is 32.0 Å². The van der Waals surface area contributed by atoms with E-state index in [0.717, 1.165) is 43.4 Å². The minimum atomic E-state index is -1.21. The van der Waals surface area contributed by atoms with Crippen molar-refractivity contribution < 1.29 is 47.7 Å². The lowest BCUT2D eigenvalue weighted by molar-refractivity contribution is -0.152. The van der Waals surface area contributed by atoms with Gasteiger partial charge in [0.2, 0.25) is 0 Å². The molecule has 1 atom stereocenters. The maximum absolute atomic E-state index is 12.4. The molecule has 1 heterocycles. The smallest absolute Gasteiger partial charge is 0.331 e. The lowest BCUT2D eigenvalue weighted by Crippen LogP contribution is -2.41. The molecule has 0 N–H and O–H groups in total. The number of hydrogen-bond acceptors (Lipinski definition) is 10. The highest BCUT2D eigenvalue weighted by Gasteiger charge is 2.37. The first-order chi connectivity index (χ1) is 15.3. The number of rotatable bonds is 9. The second-order valence-corrected chi connectivity index (χ2v) is 6.16. The minimum absolute atomic E-state index is 0.186. The number of ether oxygens (including phenoxy) is 4. The fraction of sp³-hybridized carbons (Fsp3) is 0.238. The van der Waals surface area contributed by atoms with Gasteiger partial charge in [-0.05, 0) is 12.1 Å². The van der Waals surface area contributed by atoms with E-state index in [0.29, 0.717) is 5.69 Å². The van der Waals surface area contributed by atoms with E-state index in [9.17, 15) is 28.8 Å². The van der Waals surface area contributed by atoms with Crippen LogP contribution in [0, 0.1) is 0 Å². The highest BCUT2D eigenvalue weighted by Crippen LogP contribution is 2.28. The first-order valence-electron chi connectivity index (χ1n) is 9.11. The molecule has 11 nitrogen and oxygen atoms in total. The topological polar surface area (TPSA) is 143 Å². The number of ketones is 1. The molecule has 1 unspecified atom stereocenters. The molecule has 32 heavy (non-hydrogen) atoms. The lowest BCUT2D eigenvalue weighted by Gasteiger charge is -2.23. The van der Waals surface area contributed by atoms with Crippen molar-refractivity contribution in [3.8, 4) is 0 Å². The van der Waals surface area contributed by atoms with Crippen molar-refractivity contribution in [1.82, 2.24) is 0 Å². The largest absolute Gasteiger partial charge is 0.466 e. The third-order valence-corrected chi connectivity index (χ3v) is 4.07. The number of Topliss-reactive ketones (excluding diaryl/α,β-unsaturated/α-hetero) is 1. The SMILES string of the molecule is COC(=O)/C=C/C(=O)OCC(CN1C(=O)C(=O)c2ccccc21)OC(=O)/C=C/C(=O)OC. The maximum atomic E-state index is 12.4. The molecule has 1 aliphatic rings. The summed E-state index contributed by atoms with van der Waals surface area (Å²) in [7, 11) is 2.25. The fourth-order valence-electron chi connectivity index (χ4n) is 2.59. The Morgan fingerprint density at radius 2 is 1.44 bits per heavy atom. The molecule has 0 bridgehead atoms. The van der Waals surface area contributed by atoms with Gasteiger partial charge in [-0.15, -0.1) is 0 Å². The van der Waals surface area contributed by atoms with Crippen molar-refractivity contribution in [2.75, 3.05) is 32.3 Å². The fourth-order valence-corrected chi connectivity index (χ4v) is 2.59. The number of hydrogen-bond donors (Lipinski definition) is 0. The molecule has 0 aromatic heterocycles. The van der Waals surface area contributed by atoms with Gasteiger partial charge in [-0.25, -0.2) is 19.2 Å². The standard InChI is InChI=1S/C21H19NO10/c1-29-16(23)7-9-18(25)31-12-13(32-19(26)10-8-17(24)30-2)11-22-15-6-4-3-5-14(15)20(27)21(22)28/h3-10,13H,11-12H2,1-2H3/b9-7+,10-8+. The van der Waals surface area contributed by atoms with Crippen LogP contribution in [-0.2, 0) is 42.9 Å². The summed E-state index contributed by atoms with van der Waals surface area (Å²) in [6, 6.07) is 6.24. The Labute approximate surface area is 182 Å². The van der Waals surface area contributed by atoms with Gasteiger partial charge in [-0.2, -0.15) is 0 Å². The van der Waals surface area contributed by atoms with Crippen LogP contribution in [-0.4, -0.2) is 69.0 Å². The van der Waals surface area contributed by atoms with E-state index in [-0.39, 0.29) is 12.1 Å². The number of carbonyl (C=O) groups is 6. The number of amides is 1. The van der Waals surface area contributed by atoms with Crippen LogP contribution in [0.4, 0.5) is 5.69 Å². The van der Waals surface area contributed by atoms with Gasteiger partial charge >= 0.3 is 23.9 Å². The van der Waals surface area contributed by atoms with E-state index >= 15 is 0 Å². The number of nitrogens with zero attached hydrogens (tertiary/aromatic N) is 1. The zero-order valence-electron chi connectivity index (χ0n) is 17.1. The zero-order chi connectivity index (χ0) is 23.7. The Kier molecular flexibility index (Phi) is 8.40. The lowest BCUT2D eigenvalue weighted by atomic mass is 10.1. The van der Waals surface area contributed by atoms with Gasteiger partial charge < -0.3 is 23.8 Å². The van der Waals surface area contributed by atoms with E-state index in [1.165, 1.54) is 6.07 Å². The van der Waals surface area contributed by atoms with Crippen molar-refractivity contribution >= 4 is 41.3 Å². The van der Waals surface area contributed by atoms with Crippen LogP contribution in [0.2, 0.25) is 0 Å². The van der Waals surface area contributed by atoms with E-state index in [4.69, 9.17) is 9.47 Å². The molecule has 0 fully saturated rings. The number of esters is 4. The second kappa shape index (κ2) is 11.2. The van der Waals surface area contributed by atoms with Crippen molar-refractivity contribution in [3.05, 3.63) is 54.1 Å². The molecular formula is C21H19NO10. The maximum Gasteiger partial charge on any atom is 0.331 e. The summed E-state index contributed by atoms with van der Waals surface area (Å²) in [5.41, 5.74) is 0.497. The summed E-state index contributed by atoms with van der Waals surface area (Å²) in [6.07, 6.45) is 2.05. The van der Waals surface area contributed by atoms with Gasteiger partial charge in [-0.1, -0.05) is 12.1 Å². The van der Waals surface area contributed by atoms with Crippen LogP contribution in [0.5, 0.6) is 0 Å². The summed E-state index contributed by atoms with van der Waals surface area (Å²) in [4.78, 5) is 71.7. The van der Waals surface area contributed by atoms with E-state index in [1.807, 2.05) is 0 Å². The van der Waals surface area contributed by atoms with Crippen LogP contribution in [0.25, 0.3) is 0 Å². The number of carbonyl (C=O) groups excluding carboxylic acids is 6. The zero-order valence-corrected chi connectivity index (χ0v) is 17.1. The number of anilines is 1. The minimum Gasteiger partial charge on any atom is -0.466 e. The van der Waals surface area contributed by atoms with E-state index in [2.05, 4.69) is 9.47 Å². The van der Waals surface area contributed by atoms with Crippen LogP contribution in [0.3, 0.4) is 0 Å². The molecule has 1 aromatic carbocycles. The third-order valence-electron chi connectivity index (χ3n) is 4.07. The molecule has 0 aliphatic carbocycles. The van der Waals surface area contributed by atoms with Crippen molar-refractivity contribution in [3.63, 3.8) is 0 Å². The molecule has 1 aliphatic heterocycles. The van der Waals surface area contributed by atoms with Crippen molar-refractivity contribution in [2.45, 2.75) is 6.10 Å². The number of benzene rings is 1. The van der Waals surface area contributed by atoms with Crippen LogP contribution >= 0.6 is 0 Å². The predicted octanol–water partition coefficient (Wildman–Crippen LogP) is 0.129. The summed E-state index contributed by atoms with van der Waals surface area (Å²) in [5.74, 6) is -5.06. The van der Waals surface area contributed by atoms with E-state index in [1.54, 1.807) is 18.2 Å². The van der Waals surface area contributed by atoms with Gasteiger partial charge in [0.15, 0.2) is 6.10 Å². The molecule has 0 saturated carbocycles. The Balaban J connectivity index is 2.15. The van der Waals surface area contributed by atoms with E-state index < -0.39 is 48.3 Å². The molecule has 1 aromatic rings. The molecule has 0 spiro atoms. The Hall–Kier alpha value is -4.28. The summed E-state index contributed by atoms with van der Waals surface area (Å²) in [5, 5.41) is 0. The quantitative estimate of drug-likeness (QED) is 0.223. The third kappa shape index (κ3) is 6.36. The number of fused-ring (bicyclic) bond motifs is 1. The summed E-state index contributed by atoms with van der Waals surface area (Å²) in [6.45, 7) is -0.824. The Morgan fingerprint density at radius 3 is 2.06 bits per heavy atom. The highest BCUT2D eigenvalue weighted by atomic mass is 16.6. The van der Waals surface area contributed by atoms with Gasteiger partial charge in [0.1, 0.15) is 6.61 Å². The molecule has 0 radical (unpaired) electrons. The predicted molar refractivity (Wildman–Crippen MR) is 106 cm³/mol. The van der Waals surface area contributed by atoms with Crippen LogP contribution < -0.4 is 4.90 Å². The Morgan fingerprint density at radius 1 is 0.875 bits per heavy atom. The average Bonchev–Trinajstić information content (AvgIpc) is 3.04. The Bertz CT molecular complexity index is 994. The van der Waals surface area contributed by atoms with Crippen molar-refractivity contribution in [2.24, 2.45) is 0 Å². The summed E-state index contributed by atoms with van der Waals surface area (Å²) >= 11 is 0. The average molecular weight is 445 g/mol. The second-order valence-electron chi connectivity index (χ2n) is 6.16. The molecule has 2 rings (SSSR count). The van der Waals surface area contributed by atoms with Crippen LogP contribution in [0.1, 0.15) is 10.4 Å². The monoisotopic (exact) mass is 445 g/mol. The molecule has 11 heteroatoms. The normalized spacial score (nSPS) is 13.8. The highest BCUT2D eigenvalue weighted by molar-refractivity contribution is 6.52. The molecule has 1 amide bonds. The number of methoxy groups -OCH3 is 2. The van der Waals surface area contributed by atoms with Gasteiger partial charge in [-0.3, -0.25) is 9.59 Å². The molecule has 168 valence electrons. The molecular weight excluding hydrogens is 426 g/mol. The van der Waals surface area contributed by atoms with Gasteiger partial charge in [0.25, 0.3) is 11.7 Å². The summed E-state index contributed by atoms with van der Waals surface area (Å²) < 4.78 is 18.9. The first-order valence-corrected chi connectivity index (χ1v) is 9.11. The van der Waals surface area contributed by atoms with Crippen LogP contribution in [0.15, 0.2) is 48.6 Å². The van der Waals surface area contributed by atoms with Gasteiger partial charge in [0, 0.05) is 24.3 Å². The first kappa shape index (κ1) is 24.0. The number of para-hydroxylation sites is 1. The van der Waals surface area contributed by atoms with Crippen molar-refractivity contribution in [1.29, 1.82) is 0 Å².